The largest absolute Gasteiger partial charge is 0.508 e. The standard InChI is InChI=1S/C25H37N7O8/c26-25(27)29-12-2-4-17(30-21(36)16-3-1-11-28-16)22(37)32-19(13-14-5-7-15(33)8-6-14)23(38)31-18(24(39)40)9-10-20(34)35/h5-8,16-19,28,33H,1-4,9-13H2,(H,30,36)(H,31,38)(H,32,37)(H,34,35)(H,39,40)(H4,26,27,29). The van der Waals surface area contributed by atoms with Crippen molar-refractivity contribution in [3.8, 4) is 5.75 Å². The van der Waals surface area contributed by atoms with Crippen LogP contribution in [0.15, 0.2) is 29.3 Å². The molecule has 3 amide bonds. The van der Waals surface area contributed by atoms with Crippen LogP contribution in [-0.4, -0.2) is 88.2 Å². The highest BCUT2D eigenvalue weighted by molar-refractivity contribution is 5.94. The highest BCUT2D eigenvalue weighted by Gasteiger charge is 2.31. The van der Waals surface area contributed by atoms with Gasteiger partial charge in [0.05, 0.1) is 6.04 Å². The van der Waals surface area contributed by atoms with Crippen LogP contribution in [0.25, 0.3) is 0 Å². The van der Waals surface area contributed by atoms with Crippen LogP contribution in [-0.2, 0) is 30.4 Å². The third-order valence-electron chi connectivity index (χ3n) is 6.23. The Hall–Kier alpha value is -4.40. The number of nitrogens with one attached hydrogen (secondary N) is 4. The number of benzene rings is 1. The Labute approximate surface area is 230 Å². The molecule has 4 atom stereocenters. The minimum Gasteiger partial charge on any atom is -0.508 e. The minimum absolute atomic E-state index is 0.0162. The summed E-state index contributed by atoms with van der Waals surface area (Å²) in [5.74, 6) is -4.73. The summed E-state index contributed by atoms with van der Waals surface area (Å²) in [5, 5.41) is 38.6. The molecule has 40 heavy (non-hydrogen) atoms. The normalized spacial score (nSPS) is 16.6. The summed E-state index contributed by atoms with van der Waals surface area (Å²) in [6, 6.07) is 1.52. The number of phenols is 1. The quantitative estimate of drug-likeness (QED) is 0.0612. The second kappa shape index (κ2) is 15.9. The van der Waals surface area contributed by atoms with Gasteiger partial charge in [-0.2, -0.15) is 0 Å². The van der Waals surface area contributed by atoms with Crippen molar-refractivity contribution in [1.29, 1.82) is 0 Å². The van der Waals surface area contributed by atoms with Gasteiger partial charge in [-0.05, 0) is 56.3 Å². The van der Waals surface area contributed by atoms with Gasteiger partial charge >= 0.3 is 11.9 Å². The van der Waals surface area contributed by atoms with Gasteiger partial charge in [0.2, 0.25) is 17.7 Å². The van der Waals surface area contributed by atoms with E-state index >= 15 is 0 Å². The molecule has 0 spiro atoms. The number of carbonyl (C=O) groups excluding carboxylic acids is 3. The highest BCUT2D eigenvalue weighted by atomic mass is 16.4. The van der Waals surface area contributed by atoms with Crippen molar-refractivity contribution in [3.05, 3.63) is 29.8 Å². The Balaban J connectivity index is 2.23. The van der Waals surface area contributed by atoms with E-state index in [0.29, 0.717) is 24.9 Å². The van der Waals surface area contributed by atoms with E-state index in [-0.39, 0.29) is 43.4 Å². The smallest absolute Gasteiger partial charge is 0.326 e. The number of carboxylic acid groups (broad SMARTS) is 2. The molecule has 15 heteroatoms. The molecule has 0 bridgehead atoms. The predicted octanol–water partition coefficient (Wildman–Crippen LogP) is -1.86. The Morgan fingerprint density at radius 1 is 0.950 bits per heavy atom. The molecule has 1 fully saturated rings. The lowest BCUT2D eigenvalue weighted by atomic mass is 10.0. The summed E-state index contributed by atoms with van der Waals surface area (Å²) in [4.78, 5) is 65.7. The second-order valence-corrected chi connectivity index (χ2v) is 9.42. The Morgan fingerprint density at radius 3 is 2.17 bits per heavy atom. The van der Waals surface area contributed by atoms with Crippen molar-refractivity contribution in [3.63, 3.8) is 0 Å². The number of guanidine groups is 1. The number of aliphatic carboxylic acids is 2. The first-order valence-electron chi connectivity index (χ1n) is 12.9. The van der Waals surface area contributed by atoms with Gasteiger partial charge in [0.15, 0.2) is 5.96 Å². The SMILES string of the molecule is NC(N)=NCCCC(NC(=O)C1CCCN1)C(=O)NC(Cc1ccc(O)cc1)C(=O)NC(CCC(=O)O)C(=O)O. The number of phenolic OH excluding ortho intramolecular Hbond substituents is 1. The van der Waals surface area contributed by atoms with Gasteiger partial charge in [-0.3, -0.25) is 24.2 Å². The number of rotatable bonds is 16. The molecule has 0 aromatic heterocycles. The van der Waals surface area contributed by atoms with E-state index in [0.717, 1.165) is 6.42 Å². The zero-order valence-corrected chi connectivity index (χ0v) is 22.0. The Morgan fingerprint density at radius 2 is 1.60 bits per heavy atom. The number of hydrogen-bond donors (Lipinski definition) is 9. The van der Waals surface area contributed by atoms with Gasteiger partial charge in [0.1, 0.15) is 23.9 Å². The summed E-state index contributed by atoms with van der Waals surface area (Å²) in [5.41, 5.74) is 11.2. The fourth-order valence-electron chi connectivity index (χ4n) is 4.10. The number of nitrogens with zero attached hydrogens (tertiary/aromatic N) is 1. The van der Waals surface area contributed by atoms with Gasteiger partial charge in [0.25, 0.3) is 0 Å². The van der Waals surface area contributed by atoms with Crippen LogP contribution >= 0.6 is 0 Å². The Kier molecular flexibility index (Phi) is 12.6. The van der Waals surface area contributed by atoms with E-state index in [9.17, 15) is 34.2 Å². The number of aliphatic imine (C=N–C) groups is 1. The summed E-state index contributed by atoms with van der Waals surface area (Å²) in [6.07, 6.45) is 0.944. The molecule has 1 aliphatic heterocycles. The first kappa shape index (κ1) is 31.8. The van der Waals surface area contributed by atoms with Gasteiger partial charge in [-0.15, -0.1) is 0 Å². The average Bonchev–Trinajstić information content (AvgIpc) is 3.43. The number of hydrogen-bond acceptors (Lipinski definition) is 8. The molecule has 4 unspecified atom stereocenters. The number of carboxylic acids is 2. The van der Waals surface area contributed by atoms with Gasteiger partial charge in [-0.25, -0.2) is 4.79 Å². The maximum atomic E-state index is 13.4. The lowest BCUT2D eigenvalue weighted by molar-refractivity contribution is -0.143. The molecule has 1 aromatic rings. The number of carbonyl (C=O) groups is 5. The maximum Gasteiger partial charge on any atom is 0.326 e. The molecular weight excluding hydrogens is 526 g/mol. The van der Waals surface area contributed by atoms with Crippen LogP contribution in [0.1, 0.15) is 44.1 Å². The number of aromatic hydroxyl groups is 1. The average molecular weight is 564 g/mol. The van der Waals surface area contributed by atoms with E-state index in [4.69, 9.17) is 16.6 Å². The van der Waals surface area contributed by atoms with Gasteiger partial charge in [0, 0.05) is 19.4 Å². The first-order chi connectivity index (χ1) is 19.0. The summed E-state index contributed by atoms with van der Waals surface area (Å²) in [6.45, 7) is 0.867. The first-order valence-corrected chi connectivity index (χ1v) is 12.9. The van der Waals surface area contributed by atoms with Gasteiger partial charge in [-0.1, -0.05) is 12.1 Å². The van der Waals surface area contributed by atoms with Crippen molar-refractivity contribution in [2.45, 2.75) is 69.1 Å². The summed E-state index contributed by atoms with van der Waals surface area (Å²) in [7, 11) is 0. The highest BCUT2D eigenvalue weighted by Crippen LogP contribution is 2.13. The number of nitrogens with two attached hydrogens (primary N) is 2. The topological polar surface area (TPSA) is 259 Å². The van der Waals surface area contributed by atoms with Crippen molar-refractivity contribution in [2.75, 3.05) is 13.1 Å². The van der Waals surface area contributed by atoms with Crippen molar-refractivity contribution in [2.24, 2.45) is 16.5 Å². The van der Waals surface area contributed by atoms with Crippen molar-refractivity contribution >= 4 is 35.6 Å². The molecule has 2 rings (SSSR count). The monoisotopic (exact) mass is 563 g/mol. The lowest BCUT2D eigenvalue weighted by Gasteiger charge is -2.25. The zero-order valence-electron chi connectivity index (χ0n) is 22.0. The number of amides is 3. The molecule has 0 aliphatic carbocycles. The molecule has 1 saturated heterocycles. The minimum atomic E-state index is -1.51. The van der Waals surface area contributed by atoms with Crippen LogP contribution in [0.2, 0.25) is 0 Å². The molecular formula is C25H37N7O8. The van der Waals surface area contributed by atoms with Crippen LogP contribution in [0.4, 0.5) is 0 Å². The van der Waals surface area contributed by atoms with Crippen molar-refractivity contribution < 1.29 is 39.3 Å². The molecule has 1 aliphatic rings. The second-order valence-electron chi connectivity index (χ2n) is 9.42. The van der Waals surface area contributed by atoms with Crippen molar-refractivity contribution in [1.82, 2.24) is 21.3 Å². The molecule has 0 radical (unpaired) electrons. The van der Waals surface area contributed by atoms with E-state index in [1.54, 1.807) is 0 Å². The van der Waals surface area contributed by atoms with Crippen LogP contribution < -0.4 is 32.7 Å². The maximum absolute atomic E-state index is 13.4. The zero-order chi connectivity index (χ0) is 29.7. The third kappa shape index (κ3) is 11.1. The summed E-state index contributed by atoms with van der Waals surface area (Å²) < 4.78 is 0. The van der Waals surface area contributed by atoms with E-state index in [1.165, 1.54) is 24.3 Å². The van der Waals surface area contributed by atoms with Crippen LogP contribution in [0.3, 0.4) is 0 Å². The summed E-state index contributed by atoms with van der Waals surface area (Å²) >= 11 is 0. The fraction of sp³-hybridized carbons (Fsp3) is 0.520. The Bertz CT molecular complexity index is 1070. The molecule has 1 heterocycles. The van der Waals surface area contributed by atoms with Gasteiger partial charge < -0.3 is 48.1 Å². The van der Waals surface area contributed by atoms with E-state index in [2.05, 4.69) is 26.3 Å². The lowest BCUT2D eigenvalue weighted by Crippen LogP contribution is -2.57. The van der Waals surface area contributed by atoms with E-state index in [1.807, 2.05) is 0 Å². The van der Waals surface area contributed by atoms with Crippen LogP contribution in [0, 0.1) is 0 Å². The predicted molar refractivity (Wildman–Crippen MR) is 143 cm³/mol. The molecule has 0 saturated carbocycles. The molecule has 1 aromatic carbocycles. The third-order valence-corrected chi connectivity index (χ3v) is 6.23. The van der Waals surface area contributed by atoms with Crippen LogP contribution in [0.5, 0.6) is 5.75 Å². The van der Waals surface area contributed by atoms with E-state index < -0.39 is 54.3 Å². The molecule has 220 valence electrons. The fourth-order valence-corrected chi connectivity index (χ4v) is 4.10. The molecule has 11 N–H and O–H groups in total. The molecule has 15 nitrogen and oxygen atoms in total.